The summed E-state index contributed by atoms with van der Waals surface area (Å²) in [7, 11) is 0. The van der Waals surface area contributed by atoms with E-state index >= 15 is 0 Å². The molecule has 0 spiro atoms. The minimum atomic E-state index is -1.16. The van der Waals surface area contributed by atoms with Crippen LogP contribution in [0.15, 0.2) is 9.15 Å². The molecule has 3 heterocycles. The Morgan fingerprint density at radius 3 is 2.59 bits per heavy atom. The fraction of sp³-hybridized carbons (Fsp3) is 0.722. The molecule has 2 aromatic heterocycles. The number of piperidine rings is 1. The summed E-state index contributed by atoms with van der Waals surface area (Å²) in [6.45, 7) is 2.62. The zero-order valence-electron chi connectivity index (χ0n) is 15.6. The van der Waals surface area contributed by atoms with Gasteiger partial charge in [-0.3, -0.25) is 4.79 Å². The number of amides is 1. The lowest BCUT2D eigenvalue weighted by molar-refractivity contribution is -0.136. The van der Waals surface area contributed by atoms with E-state index in [-0.39, 0.29) is 18.2 Å². The van der Waals surface area contributed by atoms with Gasteiger partial charge in [0.05, 0.1) is 6.42 Å². The van der Waals surface area contributed by atoms with Crippen LogP contribution in [0.3, 0.4) is 0 Å². The Kier molecular flexibility index (Phi) is 4.94. The van der Waals surface area contributed by atoms with E-state index in [1.807, 2.05) is 0 Å². The highest BCUT2D eigenvalue weighted by Crippen LogP contribution is 2.35. The Balaban J connectivity index is 1.37. The third-order valence-corrected chi connectivity index (χ3v) is 5.82. The molecular formula is C18H25N5O4. The van der Waals surface area contributed by atoms with Crippen molar-refractivity contribution in [1.82, 2.24) is 25.4 Å². The van der Waals surface area contributed by atoms with Crippen LogP contribution in [0.4, 0.5) is 0 Å². The molecule has 1 saturated carbocycles. The van der Waals surface area contributed by atoms with Crippen LogP contribution in [0.25, 0.3) is 0 Å². The standard InChI is InChI=1S/C18H25N5O4/c1-12-14(21-27-20-12)11-15(24)23-9-7-18(25,8-10-23)17-19-16(22-26-17)13-5-3-2-4-6-13/h13,25H,2-11H2,1H3. The van der Waals surface area contributed by atoms with E-state index in [9.17, 15) is 9.90 Å². The van der Waals surface area contributed by atoms with Crippen LogP contribution >= 0.6 is 0 Å². The smallest absolute Gasteiger partial charge is 0.258 e. The molecule has 1 N–H and O–H groups in total. The fourth-order valence-electron chi connectivity index (χ4n) is 3.96. The maximum atomic E-state index is 12.5. The third kappa shape index (κ3) is 3.73. The van der Waals surface area contributed by atoms with E-state index in [0.717, 1.165) is 12.8 Å². The minimum Gasteiger partial charge on any atom is -0.380 e. The number of aliphatic hydroxyl groups is 1. The van der Waals surface area contributed by atoms with Crippen molar-refractivity contribution in [3.63, 3.8) is 0 Å². The molecule has 4 rings (SSSR count). The van der Waals surface area contributed by atoms with Gasteiger partial charge >= 0.3 is 0 Å². The first-order valence-corrected chi connectivity index (χ1v) is 9.67. The Labute approximate surface area is 157 Å². The largest absolute Gasteiger partial charge is 0.380 e. The van der Waals surface area contributed by atoms with Crippen LogP contribution in [0, 0.1) is 6.92 Å². The number of hydrogen-bond donors (Lipinski definition) is 1. The van der Waals surface area contributed by atoms with Crippen LogP contribution in [0.2, 0.25) is 0 Å². The van der Waals surface area contributed by atoms with Gasteiger partial charge in [-0.2, -0.15) is 4.98 Å². The van der Waals surface area contributed by atoms with E-state index in [4.69, 9.17) is 4.52 Å². The molecule has 2 aromatic rings. The molecule has 27 heavy (non-hydrogen) atoms. The van der Waals surface area contributed by atoms with Crippen LogP contribution in [0.5, 0.6) is 0 Å². The molecule has 0 bridgehead atoms. The number of aromatic nitrogens is 4. The summed E-state index contributed by atoms with van der Waals surface area (Å²) in [5, 5.41) is 22.6. The van der Waals surface area contributed by atoms with E-state index < -0.39 is 5.60 Å². The topological polar surface area (TPSA) is 118 Å². The van der Waals surface area contributed by atoms with Gasteiger partial charge in [0.2, 0.25) is 5.91 Å². The number of carbonyl (C=O) groups excluding carboxylic acids is 1. The maximum Gasteiger partial charge on any atom is 0.258 e. The molecule has 2 aliphatic rings. The predicted molar refractivity (Wildman–Crippen MR) is 92.6 cm³/mol. The quantitative estimate of drug-likeness (QED) is 0.860. The molecule has 9 nitrogen and oxygen atoms in total. The van der Waals surface area contributed by atoms with Crippen LogP contribution < -0.4 is 0 Å². The molecule has 0 radical (unpaired) electrons. The molecule has 1 aliphatic carbocycles. The number of likely N-dealkylation sites (tertiary alicyclic amines) is 1. The van der Waals surface area contributed by atoms with Crippen molar-refractivity contribution in [1.29, 1.82) is 0 Å². The van der Waals surface area contributed by atoms with Gasteiger partial charge in [-0.1, -0.05) is 34.7 Å². The molecule has 9 heteroatoms. The van der Waals surface area contributed by atoms with Crippen molar-refractivity contribution in [2.75, 3.05) is 13.1 Å². The molecular weight excluding hydrogens is 350 g/mol. The molecule has 146 valence electrons. The molecule has 0 aromatic carbocycles. The Hall–Kier alpha value is -2.29. The monoisotopic (exact) mass is 375 g/mol. The lowest BCUT2D eigenvalue weighted by Crippen LogP contribution is -2.46. The lowest BCUT2D eigenvalue weighted by Gasteiger charge is -2.35. The second kappa shape index (κ2) is 7.38. The summed E-state index contributed by atoms with van der Waals surface area (Å²) in [6, 6.07) is 0. The number of carbonyl (C=O) groups is 1. The van der Waals surface area contributed by atoms with Crippen molar-refractivity contribution in [3.8, 4) is 0 Å². The first-order valence-electron chi connectivity index (χ1n) is 9.67. The summed E-state index contributed by atoms with van der Waals surface area (Å²) < 4.78 is 10.1. The lowest BCUT2D eigenvalue weighted by atomic mass is 9.88. The van der Waals surface area contributed by atoms with Crippen molar-refractivity contribution in [2.45, 2.75) is 69.8 Å². The maximum absolute atomic E-state index is 12.5. The Morgan fingerprint density at radius 1 is 1.19 bits per heavy atom. The summed E-state index contributed by atoms with van der Waals surface area (Å²) in [5.74, 6) is 1.28. The fourth-order valence-corrected chi connectivity index (χ4v) is 3.96. The van der Waals surface area contributed by atoms with E-state index in [1.54, 1.807) is 11.8 Å². The number of nitrogens with zero attached hydrogens (tertiary/aromatic N) is 5. The second-order valence-electron chi connectivity index (χ2n) is 7.68. The van der Waals surface area contributed by atoms with Gasteiger partial charge in [-0.15, -0.1) is 0 Å². The first kappa shape index (κ1) is 18.1. The van der Waals surface area contributed by atoms with Gasteiger partial charge in [0, 0.05) is 31.8 Å². The van der Waals surface area contributed by atoms with Crippen molar-refractivity contribution < 1.29 is 19.1 Å². The molecule has 2 fully saturated rings. The average molecular weight is 375 g/mol. The number of rotatable bonds is 4. The van der Waals surface area contributed by atoms with Gasteiger partial charge in [0.15, 0.2) is 5.82 Å². The second-order valence-corrected chi connectivity index (χ2v) is 7.68. The number of hydrogen-bond acceptors (Lipinski definition) is 8. The van der Waals surface area contributed by atoms with Crippen LogP contribution in [-0.4, -0.2) is 49.5 Å². The normalized spacial score (nSPS) is 20.7. The SMILES string of the molecule is Cc1nonc1CC(=O)N1CCC(O)(c2nc(C3CCCCC3)no2)CC1. The van der Waals surface area contributed by atoms with Gasteiger partial charge in [0.1, 0.15) is 17.0 Å². The summed E-state index contributed by atoms with van der Waals surface area (Å²) in [4.78, 5) is 18.7. The summed E-state index contributed by atoms with van der Waals surface area (Å²) >= 11 is 0. The average Bonchev–Trinajstić information content (AvgIpc) is 3.33. The van der Waals surface area contributed by atoms with E-state index in [1.165, 1.54) is 19.3 Å². The van der Waals surface area contributed by atoms with Crippen LogP contribution in [-0.2, 0) is 16.8 Å². The predicted octanol–water partition coefficient (Wildman–Crippen LogP) is 1.86. The highest BCUT2D eigenvalue weighted by Gasteiger charge is 2.40. The van der Waals surface area contributed by atoms with Crippen molar-refractivity contribution in [2.24, 2.45) is 0 Å². The Morgan fingerprint density at radius 2 is 1.93 bits per heavy atom. The summed E-state index contributed by atoms with van der Waals surface area (Å²) in [5.41, 5.74) is 0.00929. The molecule has 1 amide bonds. The molecule has 0 unspecified atom stereocenters. The molecule has 1 saturated heterocycles. The highest BCUT2D eigenvalue weighted by molar-refractivity contribution is 5.78. The summed E-state index contributed by atoms with van der Waals surface area (Å²) in [6.07, 6.45) is 6.71. The first-order chi connectivity index (χ1) is 13.0. The van der Waals surface area contributed by atoms with Crippen molar-refractivity contribution in [3.05, 3.63) is 23.1 Å². The van der Waals surface area contributed by atoms with Gasteiger partial charge in [0.25, 0.3) is 5.89 Å². The van der Waals surface area contributed by atoms with Crippen molar-refractivity contribution >= 4 is 5.91 Å². The number of aryl methyl sites for hydroxylation is 1. The Bertz CT molecular complexity index is 787. The van der Waals surface area contributed by atoms with E-state index in [0.29, 0.717) is 49.1 Å². The zero-order chi connectivity index (χ0) is 18.9. The third-order valence-electron chi connectivity index (χ3n) is 5.82. The minimum absolute atomic E-state index is 0.0516. The van der Waals surface area contributed by atoms with Gasteiger partial charge in [-0.25, -0.2) is 4.63 Å². The van der Waals surface area contributed by atoms with Gasteiger partial charge < -0.3 is 14.5 Å². The molecule has 0 atom stereocenters. The highest BCUT2D eigenvalue weighted by atomic mass is 16.6. The van der Waals surface area contributed by atoms with E-state index in [2.05, 4.69) is 25.1 Å². The van der Waals surface area contributed by atoms with Gasteiger partial charge in [-0.05, 0) is 19.8 Å². The molecule has 1 aliphatic heterocycles. The zero-order valence-corrected chi connectivity index (χ0v) is 15.6. The van der Waals surface area contributed by atoms with Crippen LogP contribution in [0.1, 0.15) is 74.0 Å².